The van der Waals surface area contributed by atoms with Gasteiger partial charge in [-0.3, -0.25) is 0 Å². The molecule has 2 aromatic rings. The van der Waals surface area contributed by atoms with E-state index in [-0.39, 0.29) is 5.82 Å². The fraction of sp³-hybridized carbons (Fsp3) is 0.200. The molecule has 100 valence electrons. The average molecular weight is 341 g/mol. The lowest BCUT2D eigenvalue weighted by Crippen LogP contribution is -2.04. The smallest absolute Gasteiger partial charge is 0.143 e. The molecule has 0 saturated carbocycles. The minimum absolute atomic E-state index is 0.329. The van der Waals surface area contributed by atoms with Crippen LogP contribution in [0.4, 0.5) is 4.39 Å². The van der Waals surface area contributed by atoms with E-state index in [4.69, 9.17) is 0 Å². The van der Waals surface area contributed by atoms with Crippen molar-refractivity contribution >= 4 is 27.7 Å². The van der Waals surface area contributed by atoms with Crippen LogP contribution in [-0.4, -0.2) is 10.9 Å². The van der Waals surface area contributed by atoms with E-state index in [1.807, 2.05) is 31.2 Å². The summed E-state index contributed by atoms with van der Waals surface area (Å²) in [6.07, 6.45) is -0.817. The molecule has 0 amide bonds. The Morgan fingerprint density at radius 2 is 1.95 bits per heavy atom. The summed E-state index contributed by atoms with van der Waals surface area (Å²) >= 11 is 4.66. The molecule has 19 heavy (non-hydrogen) atoms. The van der Waals surface area contributed by atoms with E-state index in [9.17, 15) is 9.50 Å². The van der Waals surface area contributed by atoms with E-state index in [2.05, 4.69) is 15.9 Å². The van der Waals surface area contributed by atoms with Crippen molar-refractivity contribution in [1.82, 2.24) is 0 Å². The highest BCUT2D eigenvalue weighted by molar-refractivity contribution is 9.10. The van der Waals surface area contributed by atoms with Gasteiger partial charge in [0.25, 0.3) is 0 Å². The van der Waals surface area contributed by atoms with E-state index in [1.165, 1.54) is 11.8 Å². The number of rotatable bonds is 4. The first-order chi connectivity index (χ1) is 9.09. The molecule has 0 aromatic heterocycles. The predicted octanol–water partition coefficient (Wildman–Crippen LogP) is 4.72. The van der Waals surface area contributed by atoms with Gasteiger partial charge >= 0.3 is 0 Å². The molecule has 4 heteroatoms. The van der Waals surface area contributed by atoms with Crippen LogP contribution >= 0.6 is 27.7 Å². The van der Waals surface area contributed by atoms with Crippen molar-refractivity contribution in [2.75, 3.05) is 5.75 Å². The second kappa shape index (κ2) is 6.55. The summed E-state index contributed by atoms with van der Waals surface area (Å²) in [5.74, 6) is 0.0403. The summed E-state index contributed by atoms with van der Waals surface area (Å²) in [5, 5.41) is 10.1. The topological polar surface area (TPSA) is 20.2 Å². The van der Waals surface area contributed by atoms with Gasteiger partial charge < -0.3 is 5.11 Å². The molecule has 0 saturated heterocycles. The highest BCUT2D eigenvalue weighted by atomic mass is 79.9. The molecule has 2 aromatic carbocycles. The molecule has 0 aliphatic carbocycles. The van der Waals surface area contributed by atoms with Gasteiger partial charge in [0.2, 0.25) is 0 Å². The number of halogens is 2. The van der Waals surface area contributed by atoms with Crippen molar-refractivity contribution in [1.29, 1.82) is 0 Å². The Morgan fingerprint density at radius 3 is 2.68 bits per heavy atom. The number of hydrogen-bond acceptors (Lipinski definition) is 2. The fourth-order valence-corrected chi connectivity index (χ4v) is 3.12. The summed E-state index contributed by atoms with van der Waals surface area (Å²) in [6.45, 7) is 2.02. The molecule has 0 bridgehead atoms. The van der Waals surface area contributed by atoms with Gasteiger partial charge in [-0.05, 0) is 40.5 Å². The Labute approximate surface area is 125 Å². The van der Waals surface area contributed by atoms with E-state index in [0.717, 1.165) is 10.5 Å². The minimum Gasteiger partial charge on any atom is -0.387 e. The third-order valence-electron chi connectivity index (χ3n) is 2.83. The molecule has 0 heterocycles. The summed E-state index contributed by atoms with van der Waals surface area (Å²) in [4.78, 5) is 1.11. The minimum atomic E-state index is -0.817. The summed E-state index contributed by atoms with van der Waals surface area (Å²) in [5.41, 5.74) is 1.49. The Bertz CT molecular complexity index is 574. The fourth-order valence-electron chi connectivity index (χ4n) is 1.75. The highest BCUT2D eigenvalue weighted by Crippen LogP contribution is 2.30. The zero-order valence-electron chi connectivity index (χ0n) is 10.4. The van der Waals surface area contributed by atoms with Gasteiger partial charge in [0.05, 0.1) is 10.6 Å². The largest absolute Gasteiger partial charge is 0.387 e. The van der Waals surface area contributed by atoms with E-state index < -0.39 is 6.10 Å². The molecule has 0 aliphatic heterocycles. The van der Waals surface area contributed by atoms with Crippen LogP contribution in [-0.2, 0) is 0 Å². The Morgan fingerprint density at radius 1 is 1.21 bits per heavy atom. The number of thioether (sulfide) groups is 1. The summed E-state index contributed by atoms with van der Waals surface area (Å²) in [7, 11) is 0. The van der Waals surface area contributed by atoms with Gasteiger partial charge in [-0.25, -0.2) is 4.39 Å². The average Bonchev–Trinajstić information content (AvgIpc) is 2.40. The second-order valence-electron chi connectivity index (χ2n) is 4.24. The van der Waals surface area contributed by atoms with Crippen LogP contribution < -0.4 is 0 Å². The Kier molecular flexibility index (Phi) is 5.02. The van der Waals surface area contributed by atoms with Crippen molar-refractivity contribution in [3.63, 3.8) is 0 Å². The maximum atomic E-state index is 13.8. The van der Waals surface area contributed by atoms with Gasteiger partial charge in [0.15, 0.2) is 0 Å². The number of aryl methyl sites for hydroxylation is 1. The molecule has 0 spiro atoms. The lowest BCUT2D eigenvalue weighted by Gasteiger charge is -2.13. The summed E-state index contributed by atoms with van der Waals surface area (Å²) in [6, 6.07) is 12.9. The predicted molar refractivity (Wildman–Crippen MR) is 81.0 cm³/mol. The molecule has 0 aliphatic rings. The van der Waals surface area contributed by atoms with Gasteiger partial charge in [0, 0.05) is 16.2 Å². The third-order valence-corrected chi connectivity index (χ3v) is 4.69. The number of hydrogen-bond donors (Lipinski definition) is 1. The molecule has 1 atom stereocenters. The lowest BCUT2D eigenvalue weighted by molar-refractivity contribution is 0.198. The highest BCUT2D eigenvalue weighted by Gasteiger charge is 2.15. The molecular weight excluding hydrogens is 327 g/mol. The van der Waals surface area contributed by atoms with E-state index >= 15 is 0 Å². The zero-order chi connectivity index (χ0) is 13.8. The third kappa shape index (κ3) is 3.59. The molecule has 0 radical (unpaired) electrons. The van der Waals surface area contributed by atoms with E-state index in [1.54, 1.807) is 18.2 Å². The van der Waals surface area contributed by atoms with Crippen molar-refractivity contribution in [3.05, 3.63) is 63.9 Å². The molecule has 2 rings (SSSR count). The Hall–Kier alpha value is -0.840. The number of benzene rings is 2. The normalized spacial score (nSPS) is 12.4. The first kappa shape index (κ1) is 14.6. The van der Waals surface area contributed by atoms with Crippen LogP contribution in [0.5, 0.6) is 0 Å². The monoisotopic (exact) mass is 340 g/mol. The van der Waals surface area contributed by atoms with Crippen LogP contribution in [0.1, 0.15) is 17.2 Å². The van der Waals surface area contributed by atoms with Crippen molar-refractivity contribution in [3.8, 4) is 0 Å². The maximum Gasteiger partial charge on any atom is 0.143 e. The van der Waals surface area contributed by atoms with Gasteiger partial charge in [0.1, 0.15) is 5.82 Å². The maximum absolute atomic E-state index is 13.8. The zero-order valence-corrected chi connectivity index (χ0v) is 12.8. The Balaban J connectivity index is 2.08. The van der Waals surface area contributed by atoms with Gasteiger partial charge in [-0.15, -0.1) is 11.8 Å². The molecule has 1 unspecified atom stereocenters. The van der Waals surface area contributed by atoms with Gasteiger partial charge in [-0.2, -0.15) is 0 Å². The van der Waals surface area contributed by atoms with Crippen LogP contribution in [0.15, 0.2) is 51.8 Å². The molecule has 1 N–H and O–H groups in total. The SMILES string of the molecule is Cc1ccccc1SCC(O)c1cccc(Br)c1F. The lowest BCUT2D eigenvalue weighted by atomic mass is 10.1. The van der Waals surface area contributed by atoms with Gasteiger partial charge in [-0.1, -0.05) is 30.3 Å². The van der Waals surface area contributed by atoms with Crippen molar-refractivity contribution < 1.29 is 9.50 Å². The first-order valence-electron chi connectivity index (χ1n) is 5.90. The number of aliphatic hydroxyl groups is 1. The standard InChI is InChI=1S/C15H14BrFOS/c1-10-5-2-3-8-14(10)19-9-13(18)11-6-4-7-12(16)15(11)17/h2-8,13,18H,9H2,1H3. The number of aliphatic hydroxyl groups excluding tert-OH is 1. The second-order valence-corrected chi connectivity index (χ2v) is 6.15. The van der Waals surface area contributed by atoms with Crippen LogP contribution in [0.3, 0.4) is 0 Å². The van der Waals surface area contributed by atoms with Crippen molar-refractivity contribution in [2.24, 2.45) is 0 Å². The van der Waals surface area contributed by atoms with Crippen LogP contribution in [0, 0.1) is 12.7 Å². The molecule has 1 nitrogen and oxygen atoms in total. The van der Waals surface area contributed by atoms with Crippen molar-refractivity contribution in [2.45, 2.75) is 17.9 Å². The first-order valence-corrected chi connectivity index (χ1v) is 7.68. The van der Waals surface area contributed by atoms with Crippen LogP contribution in [0.25, 0.3) is 0 Å². The summed E-state index contributed by atoms with van der Waals surface area (Å²) < 4.78 is 14.2. The van der Waals surface area contributed by atoms with Crippen LogP contribution in [0.2, 0.25) is 0 Å². The quantitative estimate of drug-likeness (QED) is 0.812. The molecule has 0 fully saturated rings. The molecular formula is C15H14BrFOS. The van der Waals surface area contributed by atoms with E-state index in [0.29, 0.717) is 15.8 Å².